The van der Waals surface area contributed by atoms with Crippen LogP contribution in [0, 0.1) is 6.07 Å². The molecule has 1 rings (SSSR count). The zero-order chi connectivity index (χ0) is 8.97. The summed E-state index contributed by atoms with van der Waals surface area (Å²) in [6.45, 7) is -0.0969. The number of hydrogen-bond donors (Lipinski definition) is 1. The van der Waals surface area contributed by atoms with Crippen LogP contribution in [0.1, 0.15) is 5.56 Å². The van der Waals surface area contributed by atoms with Gasteiger partial charge >= 0.3 is 0 Å². The third-order valence-electron chi connectivity index (χ3n) is 1.57. The first-order valence-electron chi connectivity index (χ1n) is 3.56. The highest BCUT2D eigenvalue weighted by Gasteiger charge is 2.07. The van der Waals surface area contributed by atoms with E-state index in [0.717, 1.165) is 0 Å². The van der Waals surface area contributed by atoms with E-state index in [1.165, 1.54) is 7.11 Å². The molecule has 0 spiro atoms. The summed E-state index contributed by atoms with van der Waals surface area (Å²) in [5.41, 5.74) is 0.608. The van der Waals surface area contributed by atoms with Crippen molar-refractivity contribution in [2.75, 3.05) is 14.2 Å². The van der Waals surface area contributed by atoms with Crippen molar-refractivity contribution in [2.24, 2.45) is 0 Å². The van der Waals surface area contributed by atoms with Gasteiger partial charge < -0.3 is 14.6 Å². The third kappa shape index (κ3) is 1.51. The average Bonchev–Trinajstić information content (AvgIpc) is 2.16. The van der Waals surface area contributed by atoms with Crippen LogP contribution >= 0.6 is 0 Å². The Balaban J connectivity index is 3.13. The fourth-order valence-corrected chi connectivity index (χ4v) is 1.01. The Hall–Kier alpha value is -1.22. The number of hydrogen-bond acceptors (Lipinski definition) is 3. The highest BCUT2D eigenvalue weighted by Crippen LogP contribution is 2.29. The molecule has 0 amide bonds. The summed E-state index contributed by atoms with van der Waals surface area (Å²) >= 11 is 0. The second-order valence-electron chi connectivity index (χ2n) is 2.22. The maximum atomic E-state index is 8.90. The number of benzene rings is 1. The van der Waals surface area contributed by atoms with Gasteiger partial charge in [-0.15, -0.1) is 0 Å². The molecule has 1 radical (unpaired) electrons. The topological polar surface area (TPSA) is 38.7 Å². The van der Waals surface area contributed by atoms with Crippen LogP contribution < -0.4 is 9.47 Å². The van der Waals surface area contributed by atoms with E-state index in [1.807, 2.05) is 0 Å². The quantitative estimate of drug-likeness (QED) is 0.729. The molecule has 1 aromatic carbocycles. The Kier molecular flexibility index (Phi) is 2.94. The molecule has 0 saturated heterocycles. The van der Waals surface area contributed by atoms with E-state index in [0.29, 0.717) is 17.1 Å². The fourth-order valence-electron chi connectivity index (χ4n) is 1.01. The predicted octanol–water partition coefficient (Wildman–Crippen LogP) is 0.996. The van der Waals surface area contributed by atoms with E-state index in [4.69, 9.17) is 14.6 Å². The van der Waals surface area contributed by atoms with Crippen molar-refractivity contribution in [1.29, 1.82) is 0 Å². The molecular formula is C9H11O3. The lowest BCUT2D eigenvalue weighted by molar-refractivity contribution is 0.269. The molecule has 0 aliphatic rings. The minimum Gasteiger partial charge on any atom is -0.493 e. The highest BCUT2D eigenvalue weighted by atomic mass is 16.5. The van der Waals surface area contributed by atoms with E-state index in [1.54, 1.807) is 19.2 Å². The predicted molar refractivity (Wildman–Crippen MR) is 44.3 cm³/mol. The minimum atomic E-state index is -0.0969. The summed E-state index contributed by atoms with van der Waals surface area (Å²) in [6, 6.07) is 6.28. The van der Waals surface area contributed by atoms with Gasteiger partial charge in [-0.05, 0) is 12.1 Å². The SMILES string of the molecule is COc1cc[c]c(CO)c1OC. The highest BCUT2D eigenvalue weighted by molar-refractivity contribution is 5.45. The minimum absolute atomic E-state index is 0.0969. The van der Waals surface area contributed by atoms with E-state index in [2.05, 4.69) is 6.07 Å². The smallest absolute Gasteiger partial charge is 0.166 e. The average molecular weight is 167 g/mol. The molecule has 3 heteroatoms. The Morgan fingerprint density at radius 1 is 1.42 bits per heavy atom. The maximum Gasteiger partial charge on any atom is 0.166 e. The van der Waals surface area contributed by atoms with Crippen molar-refractivity contribution in [1.82, 2.24) is 0 Å². The molecule has 0 heterocycles. The lowest BCUT2D eigenvalue weighted by Crippen LogP contribution is -1.95. The summed E-state index contributed by atoms with van der Waals surface area (Å²) < 4.78 is 10.1. The Morgan fingerprint density at radius 2 is 2.17 bits per heavy atom. The first-order valence-corrected chi connectivity index (χ1v) is 3.56. The number of ether oxygens (including phenoxy) is 2. The van der Waals surface area contributed by atoms with Gasteiger partial charge in [-0.25, -0.2) is 0 Å². The van der Waals surface area contributed by atoms with Crippen LogP contribution in [0.4, 0.5) is 0 Å². The number of aliphatic hydroxyl groups excluding tert-OH is 1. The van der Waals surface area contributed by atoms with Gasteiger partial charge in [0.1, 0.15) is 0 Å². The first-order chi connectivity index (χ1) is 5.83. The monoisotopic (exact) mass is 167 g/mol. The molecule has 0 aliphatic carbocycles. The van der Waals surface area contributed by atoms with Gasteiger partial charge in [-0.1, -0.05) is 6.07 Å². The summed E-state index contributed by atoms with van der Waals surface area (Å²) in [6.07, 6.45) is 0. The Labute approximate surface area is 71.5 Å². The van der Waals surface area contributed by atoms with E-state index in [-0.39, 0.29) is 6.61 Å². The van der Waals surface area contributed by atoms with E-state index >= 15 is 0 Å². The van der Waals surface area contributed by atoms with E-state index in [9.17, 15) is 0 Å². The normalized spacial score (nSPS) is 9.58. The van der Waals surface area contributed by atoms with Crippen molar-refractivity contribution in [2.45, 2.75) is 6.61 Å². The zero-order valence-corrected chi connectivity index (χ0v) is 7.13. The van der Waals surface area contributed by atoms with Crippen LogP contribution in [0.2, 0.25) is 0 Å². The standard InChI is InChI=1S/C9H11O3/c1-11-8-5-3-4-7(6-10)9(8)12-2/h3,5,10H,6H2,1-2H3. The van der Waals surface area contributed by atoms with Crippen molar-refractivity contribution < 1.29 is 14.6 Å². The second-order valence-corrected chi connectivity index (χ2v) is 2.22. The molecule has 1 N–H and O–H groups in total. The third-order valence-corrected chi connectivity index (χ3v) is 1.57. The van der Waals surface area contributed by atoms with Crippen LogP contribution in [0.3, 0.4) is 0 Å². The lowest BCUT2D eigenvalue weighted by atomic mass is 10.2. The van der Waals surface area contributed by atoms with Gasteiger partial charge in [0.05, 0.1) is 20.8 Å². The van der Waals surface area contributed by atoms with Gasteiger partial charge in [0.25, 0.3) is 0 Å². The molecule has 1 aromatic rings. The number of aliphatic hydroxyl groups is 1. The molecular weight excluding hydrogens is 156 g/mol. The molecule has 0 bridgehead atoms. The summed E-state index contributed by atoms with van der Waals surface area (Å²) in [5, 5.41) is 8.90. The maximum absolute atomic E-state index is 8.90. The van der Waals surface area contributed by atoms with Crippen LogP contribution in [-0.2, 0) is 6.61 Å². The van der Waals surface area contributed by atoms with Crippen molar-refractivity contribution in [3.63, 3.8) is 0 Å². The van der Waals surface area contributed by atoms with Crippen LogP contribution in [0.25, 0.3) is 0 Å². The van der Waals surface area contributed by atoms with Gasteiger partial charge in [-0.2, -0.15) is 0 Å². The molecule has 65 valence electrons. The fraction of sp³-hybridized carbons (Fsp3) is 0.333. The summed E-state index contributed by atoms with van der Waals surface area (Å²) in [5.74, 6) is 1.16. The first kappa shape index (κ1) is 8.87. The number of rotatable bonds is 3. The largest absolute Gasteiger partial charge is 0.493 e. The second kappa shape index (κ2) is 3.97. The van der Waals surface area contributed by atoms with Gasteiger partial charge in [0.2, 0.25) is 0 Å². The van der Waals surface area contributed by atoms with Crippen molar-refractivity contribution >= 4 is 0 Å². The number of methoxy groups -OCH3 is 2. The molecule has 0 aromatic heterocycles. The molecule has 0 aliphatic heterocycles. The zero-order valence-electron chi connectivity index (χ0n) is 7.13. The van der Waals surface area contributed by atoms with Crippen LogP contribution in [0.15, 0.2) is 12.1 Å². The molecule has 0 unspecified atom stereocenters. The molecule has 3 nitrogen and oxygen atoms in total. The molecule has 12 heavy (non-hydrogen) atoms. The summed E-state index contributed by atoms with van der Waals surface area (Å²) in [7, 11) is 3.09. The van der Waals surface area contributed by atoms with Gasteiger partial charge in [0.15, 0.2) is 11.5 Å². The van der Waals surface area contributed by atoms with Gasteiger partial charge in [-0.3, -0.25) is 0 Å². The molecule has 0 saturated carbocycles. The van der Waals surface area contributed by atoms with Crippen LogP contribution in [0.5, 0.6) is 11.5 Å². The molecule has 0 atom stereocenters. The van der Waals surface area contributed by atoms with Crippen LogP contribution in [-0.4, -0.2) is 19.3 Å². The van der Waals surface area contributed by atoms with Crippen molar-refractivity contribution in [3.05, 3.63) is 23.8 Å². The summed E-state index contributed by atoms with van der Waals surface area (Å²) in [4.78, 5) is 0. The Bertz CT molecular complexity index is 236. The lowest BCUT2D eigenvalue weighted by Gasteiger charge is -2.09. The Morgan fingerprint density at radius 3 is 2.67 bits per heavy atom. The van der Waals surface area contributed by atoms with E-state index < -0.39 is 0 Å². The van der Waals surface area contributed by atoms with Gasteiger partial charge in [0, 0.05) is 5.56 Å². The van der Waals surface area contributed by atoms with Crippen molar-refractivity contribution in [3.8, 4) is 11.5 Å². The molecule has 0 fully saturated rings.